The number of hydrogen-bond acceptors (Lipinski definition) is 6. The zero-order valence-corrected chi connectivity index (χ0v) is 25.3. The molecule has 1 aliphatic heterocycles. The predicted octanol–water partition coefficient (Wildman–Crippen LogP) is 4.18. The Labute approximate surface area is 249 Å². The minimum atomic E-state index is -0.528. The Morgan fingerprint density at radius 1 is 1.17 bits per heavy atom. The third kappa shape index (κ3) is 8.21. The Kier molecular flexibility index (Phi) is 11.4. The van der Waals surface area contributed by atoms with Gasteiger partial charge in [0.1, 0.15) is 11.8 Å². The Hall–Kier alpha value is -3.14. The number of aromatic amines is 1. The molecule has 1 saturated carbocycles. The van der Waals surface area contributed by atoms with E-state index in [1.165, 1.54) is 6.42 Å². The van der Waals surface area contributed by atoms with Gasteiger partial charge < -0.3 is 30.0 Å². The van der Waals surface area contributed by atoms with Gasteiger partial charge in [0.05, 0.1) is 31.2 Å². The summed E-state index contributed by atoms with van der Waals surface area (Å²) in [5, 5.41) is 7.01. The molecule has 10 heteroatoms. The van der Waals surface area contributed by atoms with E-state index in [0.29, 0.717) is 56.5 Å². The van der Waals surface area contributed by atoms with Crippen molar-refractivity contribution in [3.63, 3.8) is 0 Å². The molecule has 1 aromatic carbocycles. The fourth-order valence-corrected chi connectivity index (χ4v) is 6.61. The van der Waals surface area contributed by atoms with Crippen LogP contribution in [-0.4, -0.2) is 71.2 Å². The minimum absolute atomic E-state index is 0.00240. The number of amides is 1. The molecular weight excluding hydrogens is 538 g/mol. The van der Waals surface area contributed by atoms with Gasteiger partial charge >= 0.3 is 5.97 Å². The van der Waals surface area contributed by atoms with Crippen molar-refractivity contribution in [3.8, 4) is 5.75 Å². The normalized spacial score (nSPS) is 17.9. The van der Waals surface area contributed by atoms with Crippen LogP contribution in [0.15, 0.2) is 36.8 Å². The van der Waals surface area contributed by atoms with Crippen molar-refractivity contribution in [1.82, 2.24) is 25.5 Å². The summed E-state index contributed by atoms with van der Waals surface area (Å²) in [4.78, 5) is 36.4. The Morgan fingerprint density at radius 3 is 2.54 bits per heavy atom. The first kappa shape index (κ1) is 30.8. The monoisotopic (exact) mass is 583 g/mol. The highest BCUT2D eigenvalue weighted by Crippen LogP contribution is 2.47. The smallest absolute Gasteiger partial charge is 0.312 e. The number of hydrogen-bond donors (Lipinski definition) is 3. The van der Waals surface area contributed by atoms with E-state index >= 15 is 0 Å². The summed E-state index contributed by atoms with van der Waals surface area (Å²) in [6.45, 7) is 4.01. The zero-order valence-electron chi connectivity index (χ0n) is 24.5. The molecule has 2 aliphatic rings. The van der Waals surface area contributed by atoms with Crippen LogP contribution in [0.5, 0.6) is 5.75 Å². The molecule has 2 aromatic rings. The molecule has 0 radical (unpaired) electrons. The van der Waals surface area contributed by atoms with Crippen LogP contribution in [0.4, 0.5) is 0 Å². The van der Waals surface area contributed by atoms with E-state index in [4.69, 9.17) is 21.7 Å². The van der Waals surface area contributed by atoms with Crippen LogP contribution in [0.2, 0.25) is 0 Å². The summed E-state index contributed by atoms with van der Waals surface area (Å²) in [5.41, 5.74) is 1.53. The number of likely N-dealkylation sites (tertiary alicyclic amines) is 1. The number of aromatic nitrogens is 2. The molecule has 2 fully saturated rings. The van der Waals surface area contributed by atoms with Crippen LogP contribution in [0.3, 0.4) is 0 Å². The maximum absolute atomic E-state index is 14.0. The van der Waals surface area contributed by atoms with Crippen LogP contribution < -0.4 is 15.4 Å². The number of ether oxygens (including phenoxy) is 2. The largest absolute Gasteiger partial charge is 0.497 e. The van der Waals surface area contributed by atoms with E-state index in [0.717, 1.165) is 55.5 Å². The summed E-state index contributed by atoms with van der Waals surface area (Å²) < 4.78 is 10.9. The van der Waals surface area contributed by atoms with Crippen LogP contribution in [0.25, 0.3) is 0 Å². The maximum atomic E-state index is 14.0. The van der Waals surface area contributed by atoms with Crippen molar-refractivity contribution in [2.24, 2.45) is 11.3 Å². The number of benzene rings is 1. The quantitative estimate of drug-likeness (QED) is 0.194. The molecule has 4 rings (SSSR count). The fraction of sp³-hybridized carbons (Fsp3) is 0.613. The molecule has 41 heavy (non-hydrogen) atoms. The van der Waals surface area contributed by atoms with Crippen molar-refractivity contribution >= 4 is 29.2 Å². The molecule has 9 nitrogen and oxygen atoms in total. The number of carbonyl (C=O) groups excluding carboxylic acids is 2. The number of piperidine rings is 1. The van der Waals surface area contributed by atoms with Crippen LogP contribution in [0.1, 0.15) is 69.5 Å². The van der Waals surface area contributed by atoms with E-state index in [1.807, 2.05) is 42.3 Å². The Bertz CT molecular complexity index is 1110. The van der Waals surface area contributed by atoms with Crippen molar-refractivity contribution in [1.29, 1.82) is 0 Å². The SMILES string of the molecule is CCOC(=O)C1(C2CCCCC2)CCN(C(=O)C(Cc2ccc(OC)cc2)NC(=S)NCCCc2c[nH]cn2)CC1. The van der Waals surface area contributed by atoms with Crippen LogP contribution >= 0.6 is 12.2 Å². The van der Waals surface area contributed by atoms with E-state index < -0.39 is 11.5 Å². The number of imidazole rings is 1. The minimum Gasteiger partial charge on any atom is -0.497 e. The Balaban J connectivity index is 1.41. The summed E-state index contributed by atoms with van der Waals surface area (Å²) in [7, 11) is 1.64. The fourth-order valence-electron chi connectivity index (χ4n) is 6.36. The molecule has 1 aromatic heterocycles. The first-order valence-electron chi connectivity index (χ1n) is 15.1. The number of aryl methyl sites for hydroxylation is 1. The van der Waals surface area contributed by atoms with Gasteiger partial charge in [-0.2, -0.15) is 0 Å². The van der Waals surface area contributed by atoms with Gasteiger partial charge in [-0.15, -0.1) is 0 Å². The summed E-state index contributed by atoms with van der Waals surface area (Å²) in [5.74, 6) is 1.03. The van der Waals surface area contributed by atoms with Gasteiger partial charge in [-0.25, -0.2) is 4.98 Å². The highest BCUT2D eigenvalue weighted by atomic mass is 32.1. The number of thiocarbonyl (C=S) groups is 1. The second-order valence-electron chi connectivity index (χ2n) is 11.2. The second kappa shape index (κ2) is 15.2. The van der Waals surface area contributed by atoms with Gasteiger partial charge in [-0.1, -0.05) is 31.4 Å². The van der Waals surface area contributed by atoms with Gasteiger partial charge in [0.15, 0.2) is 5.11 Å². The third-order valence-corrected chi connectivity index (χ3v) is 8.95. The lowest BCUT2D eigenvalue weighted by Crippen LogP contribution is -2.56. The van der Waals surface area contributed by atoms with Crippen molar-refractivity contribution < 1.29 is 19.1 Å². The van der Waals surface area contributed by atoms with E-state index in [9.17, 15) is 9.59 Å². The van der Waals surface area contributed by atoms with Crippen molar-refractivity contribution in [3.05, 3.63) is 48.0 Å². The summed E-state index contributed by atoms with van der Waals surface area (Å²) >= 11 is 5.61. The van der Waals surface area contributed by atoms with Crippen molar-refractivity contribution in [2.45, 2.75) is 77.2 Å². The molecular formula is C31H45N5O4S. The standard InChI is InChI=1S/C31H45N5O4S/c1-3-40-29(38)31(24-8-5-4-6-9-24)15-18-36(19-16-31)28(37)27(20-23-11-13-26(39-2)14-12-23)35-30(41)33-17-7-10-25-21-32-22-34-25/h11-14,21-22,24,27H,3-10,15-20H2,1-2H3,(H,32,34)(H2,33,35,41). The average Bonchev–Trinajstić information content (AvgIpc) is 3.53. The topological polar surface area (TPSA) is 109 Å². The number of esters is 1. The molecule has 1 atom stereocenters. The third-order valence-electron chi connectivity index (χ3n) is 8.69. The summed E-state index contributed by atoms with van der Waals surface area (Å²) in [6, 6.07) is 7.24. The van der Waals surface area contributed by atoms with Crippen molar-refractivity contribution in [2.75, 3.05) is 33.4 Å². The number of methoxy groups -OCH3 is 1. The molecule has 3 N–H and O–H groups in total. The van der Waals surface area contributed by atoms with E-state index in [-0.39, 0.29) is 11.9 Å². The van der Waals surface area contributed by atoms with E-state index in [2.05, 4.69) is 20.6 Å². The van der Waals surface area contributed by atoms with Gasteiger partial charge in [-0.3, -0.25) is 9.59 Å². The lowest BCUT2D eigenvalue weighted by Gasteiger charge is -2.46. The second-order valence-corrected chi connectivity index (χ2v) is 11.6. The van der Waals surface area contributed by atoms with Crippen LogP contribution in [0, 0.1) is 11.3 Å². The first-order valence-corrected chi connectivity index (χ1v) is 15.5. The number of rotatable bonds is 12. The van der Waals surface area contributed by atoms with Crippen LogP contribution in [-0.2, 0) is 27.2 Å². The molecule has 2 heterocycles. The molecule has 1 unspecified atom stereocenters. The van der Waals surface area contributed by atoms with E-state index in [1.54, 1.807) is 13.4 Å². The predicted molar refractivity (Wildman–Crippen MR) is 163 cm³/mol. The molecule has 0 spiro atoms. The maximum Gasteiger partial charge on any atom is 0.312 e. The van der Waals surface area contributed by atoms with Gasteiger partial charge in [-0.05, 0) is 81.3 Å². The zero-order chi connectivity index (χ0) is 29.1. The number of nitrogens with one attached hydrogen (secondary N) is 3. The molecule has 0 bridgehead atoms. The molecule has 224 valence electrons. The Morgan fingerprint density at radius 2 is 1.90 bits per heavy atom. The van der Waals surface area contributed by atoms with Gasteiger partial charge in [0, 0.05) is 32.3 Å². The molecule has 1 aliphatic carbocycles. The lowest BCUT2D eigenvalue weighted by molar-refractivity contribution is -0.166. The highest BCUT2D eigenvalue weighted by Gasteiger charge is 2.49. The summed E-state index contributed by atoms with van der Waals surface area (Å²) in [6.07, 6.45) is 12.7. The highest BCUT2D eigenvalue weighted by molar-refractivity contribution is 7.80. The lowest BCUT2D eigenvalue weighted by atomic mass is 9.63. The number of carbonyl (C=O) groups is 2. The molecule has 1 amide bonds. The van der Waals surface area contributed by atoms with Gasteiger partial charge in [0.2, 0.25) is 5.91 Å². The average molecular weight is 584 g/mol. The van der Waals surface area contributed by atoms with Gasteiger partial charge in [0.25, 0.3) is 0 Å². The molecule has 1 saturated heterocycles. The first-order chi connectivity index (χ1) is 19.9. The number of nitrogens with zero attached hydrogens (tertiary/aromatic N) is 2. The number of H-pyrrole nitrogens is 1.